The summed E-state index contributed by atoms with van der Waals surface area (Å²) >= 11 is 0. The van der Waals surface area contributed by atoms with Crippen molar-refractivity contribution in [1.29, 1.82) is 0 Å². The van der Waals surface area contributed by atoms with Crippen LogP contribution in [0.1, 0.15) is 32.1 Å². The number of aliphatic hydroxyl groups excluding tert-OH is 1. The molecule has 1 aliphatic heterocycles. The van der Waals surface area contributed by atoms with Crippen molar-refractivity contribution in [3.8, 4) is 0 Å². The Morgan fingerprint density at radius 1 is 1.20 bits per heavy atom. The Hall–Kier alpha value is -0.220. The van der Waals surface area contributed by atoms with E-state index < -0.39 is 5.92 Å². The monoisotopic (exact) mass is 219 g/mol. The van der Waals surface area contributed by atoms with Crippen LogP contribution in [0.15, 0.2) is 0 Å². The third kappa shape index (κ3) is 3.11. The van der Waals surface area contributed by atoms with Crippen LogP contribution in [0.25, 0.3) is 0 Å². The molecule has 2 fully saturated rings. The first-order valence-corrected chi connectivity index (χ1v) is 5.83. The fraction of sp³-hybridized carbons (Fsp3) is 1.00. The van der Waals surface area contributed by atoms with Crippen LogP contribution in [0.4, 0.5) is 8.78 Å². The number of alkyl halides is 2. The average molecular weight is 219 g/mol. The highest BCUT2D eigenvalue weighted by Gasteiger charge is 2.39. The Balaban J connectivity index is 1.74. The van der Waals surface area contributed by atoms with E-state index in [4.69, 9.17) is 0 Å². The lowest BCUT2D eigenvalue weighted by molar-refractivity contribution is 0.00189. The Bertz CT molecular complexity index is 215. The van der Waals surface area contributed by atoms with Crippen LogP contribution < -0.4 is 0 Å². The molecule has 2 nitrogen and oxygen atoms in total. The van der Waals surface area contributed by atoms with E-state index in [0.717, 1.165) is 32.5 Å². The van der Waals surface area contributed by atoms with Crippen LogP contribution in [-0.4, -0.2) is 41.7 Å². The van der Waals surface area contributed by atoms with Crippen molar-refractivity contribution in [2.75, 3.05) is 19.6 Å². The van der Waals surface area contributed by atoms with Gasteiger partial charge in [0.25, 0.3) is 0 Å². The van der Waals surface area contributed by atoms with Crippen molar-refractivity contribution in [3.05, 3.63) is 0 Å². The minimum Gasteiger partial charge on any atom is -0.393 e. The average Bonchev–Trinajstić information content (AvgIpc) is 2.50. The SMILES string of the molecule is OC1CCN(CC2CCC(F)(F)C2)CC1. The summed E-state index contributed by atoms with van der Waals surface area (Å²) in [7, 11) is 0. The van der Waals surface area contributed by atoms with E-state index in [-0.39, 0.29) is 24.9 Å². The molecule has 1 aliphatic carbocycles. The van der Waals surface area contributed by atoms with Crippen molar-refractivity contribution in [1.82, 2.24) is 4.90 Å². The van der Waals surface area contributed by atoms with Crippen molar-refractivity contribution in [3.63, 3.8) is 0 Å². The van der Waals surface area contributed by atoms with Crippen LogP contribution in [0, 0.1) is 5.92 Å². The Labute approximate surface area is 89.3 Å². The first kappa shape index (κ1) is 11.3. The molecule has 1 saturated carbocycles. The molecule has 2 rings (SSSR count). The number of hydrogen-bond acceptors (Lipinski definition) is 2. The number of aliphatic hydroxyl groups is 1. The maximum atomic E-state index is 13.0. The summed E-state index contributed by atoms with van der Waals surface area (Å²) in [6.07, 6.45) is 2.20. The quantitative estimate of drug-likeness (QED) is 0.766. The van der Waals surface area contributed by atoms with Crippen LogP contribution in [0.2, 0.25) is 0 Å². The molecular formula is C11H19F2NO. The van der Waals surface area contributed by atoms with Gasteiger partial charge in [0.05, 0.1) is 6.10 Å². The van der Waals surface area contributed by atoms with Crippen LogP contribution in [0.5, 0.6) is 0 Å². The maximum absolute atomic E-state index is 13.0. The topological polar surface area (TPSA) is 23.5 Å². The van der Waals surface area contributed by atoms with Crippen molar-refractivity contribution < 1.29 is 13.9 Å². The van der Waals surface area contributed by atoms with E-state index in [0.29, 0.717) is 6.42 Å². The molecule has 15 heavy (non-hydrogen) atoms. The molecule has 88 valence electrons. The lowest BCUT2D eigenvalue weighted by Gasteiger charge is -2.31. The Morgan fingerprint density at radius 3 is 2.40 bits per heavy atom. The van der Waals surface area contributed by atoms with Gasteiger partial charge < -0.3 is 10.0 Å². The first-order chi connectivity index (χ1) is 7.05. The predicted molar refractivity (Wildman–Crippen MR) is 54.0 cm³/mol. The summed E-state index contributed by atoms with van der Waals surface area (Å²) in [5.41, 5.74) is 0. The van der Waals surface area contributed by atoms with Crippen LogP contribution in [-0.2, 0) is 0 Å². The zero-order valence-electron chi connectivity index (χ0n) is 8.96. The van der Waals surface area contributed by atoms with E-state index in [9.17, 15) is 13.9 Å². The molecule has 1 unspecified atom stereocenters. The minimum atomic E-state index is -2.42. The number of nitrogens with zero attached hydrogens (tertiary/aromatic N) is 1. The smallest absolute Gasteiger partial charge is 0.248 e. The van der Waals surface area contributed by atoms with Gasteiger partial charge in [-0.15, -0.1) is 0 Å². The largest absolute Gasteiger partial charge is 0.393 e. The van der Waals surface area contributed by atoms with E-state index in [2.05, 4.69) is 4.90 Å². The third-order valence-electron chi connectivity index (χ3n) is 3.58. The third-order valence-corrected chi connectivity index (χ3v) is 3.58. The molecule has 4 heteroatoms. The van der Waals surface area contributed by atoms with E-state index >= 15 is 0 Å². The van der Waals surface area contributed by atoms with Gasteiger partial charge in [0.2, 0.25) is 5.92 Å². The molecule has 0 aromatic heterocycles. The highest BCUT2D eigenvalue weighted by molar-refractivity contribution is 4.84. The van der Waals surface area contributed by atoms with Crippen LogP contribution in [0.3, 0.4) is 0 Å². The molecular weight excluding hydrogens is 200 g/mol. The summed E-state index contributed by atoms with van der Waals surface area (Å²) in [5.74, 6) is -2.25. The highest BCUT2D eigenvalue weighted by Crippen LogP contribution is 2.39. The number of likely N-dealkylation sites (tertiary alicyclic amines) is 1. The number of hydrogen-bond donors (Lipinski definition) is 1. The van der Waals surface area contributed by atoms with Crippen LogP contribution >= 0.6 is 0 Å². The zero-order chi connectivity index (χ0) is 10.9. The molecule has 0 aromatic carbocycles. The van der Waals surface area contributed by atoms with Crippen molar-refractivity contribution in [2.24, 2.45) is 5.92 Å². The lowest BCUT2D eigenvalue weighted by Crippen LogP contribution is -2.38. The van der Waals surface area contributed by atoms with Gasteiger partial charge in [-0.3, -0.25) is 0 Å². The Kier molecular flexibility index (Phi) is 3.26. The molecule has 1 atom stereocenters. The Morgan fingerprint density at radius 2 is 1.87 bits per heavy atom. The van der Waals surface area contributed by atoms with Gasteiger partial charge >= 0.3 is 0 Å². The highest BCUT2D eigenvalue weighted by atomic mass is 19.3. The van der Waals surface area contributed by atoms with E-state index in [1.807, 2.05) is 0 Å². The minimum absolute atomic E-state index is 0.0616. The van der Waals surface area contributed by atoms with Gasteiger partial charge in [-0.05, 0) is 25.2 Å². The summed E-state index contributed by atoms with van der Waals surface area (Å²) in [6.45, 7) is 2.52. The van der Waals surface area contributed by atoms with Gasteiger partial charge in [0, 0.05) is 32.5 Å². The molecule has 0 bridgehead atoms. The number of rotatable bonds is 2. The second-order valence-corrected chi connectivity index (χ2v) is 5.00. The molecule has 1 saturated heterocycles. The fourth-order valence-corrected chi connectivity index (χ4v) is 2.66. The summed E-state index contributed by atoms with van der Waals surface area (Å²) in [4.78, 5) is 2.22. The standard InChI is InChI=1S/C11H19F2NO/c12-11(13)4-1-9(7-11)8-14-5-2-10(15)3-6-14/h9-10,15H,1-8H2. The van der Waals surface area contributed by atoms with E-state index in [1.54, 1.807) is 0 Å². The zero-order valence-corrected chi connectivity index (χ0v) is 8.96. The molecule has 2 aliphatic rings. The maximum Gasteiger partial charge on any atom is 0.248 e. The van der Waals surface area contributed by atoms with Gasteiger partial charge in [-0.2, -0.15) is 0 Å². The van der Waals surface area contributed by atoms with Gasteiger partial charge in [-0.1, -0.05) is 0 Å². The molecule has 1 N–H and O–H groups in total. The van der Waals surface area contributed by atoms with Crippen molar-refractivity contribution in [2.45, 2.75) is 44.1 Å². The van der Waals surface area contributed by atoms with Gasteiger partial charge in [-0.25, -0.2) is 8.78 Å². The second-order valence-electron chi connectivity index (χ2n) is 5.00. The molecule has 0 aromatic rings. The number of piperidine rings is 1. The molecule has 0 spiro atoms. The van der Waals surface area contributed by atoms with Gasteiger partial charge in [0.15, 0.2) is 0 Å². The molecule has 0 amide bonds. The summed E-state index contributed by atoms with van der Waals surface area (Å²) in [6, 6.07) is 0. The second kappa shape index (κ2) is 4.34. The summed E-state index contributed by atoms with van der Waals surface area (Å²) in [5, 5.41) is 9.32. The summed E-state index contributed by atoms with van der Waals surface area (Å²) < 4.78 is 25.9. The van der Waals surface area contributed by atoms with E-state index in [1.165, 1.54) is 0 Å². The molecule has 0 radical (unpaired) electrons. The normalized spacial score (nSPS) is 33.4. The fourth-order valence-electron chi connectivity index (χ4n) is 2.66. The number of halogens is 2. The lowest BCUT2D eigenvalue weighted by atomic mass is 10.0. The van der Waals surface area contributed by atoms with Gasteiger partial charge in [0.1, 0.15) is 0 Å². The predicted octanol–water partition coefficient (Wildman–Crippen LogP) is 1.88. The van der Waals surface area contributed by atoms with Crippen molar-refractivity contribution >= 4 is 0 Å². The first-order valence-electron chi connectivity index (χ1n) is 5.83. The molecule has 1 heterocycles.